The van der Waals surface area contributed by atoms with Crippen molar-refractivity contribution in [1.29, 1.82) is 0 Å². The van der Waals surface area contributed by atoms with E-state index in [9.17, 15) is 30.3 Å². The molecule has 1 unspecified atom stereocenters. The standard InChI is InChI=1S/C21H28O10/c1-21(2,31-20-18(27)17(26)16(25)13(9-22)29-20)14(23)8-11-12(28-3)6-4-10-5-7-15(24)30-19(10)11/h4-7,13-14,16-18,20,22-23,25-27H,8-9H2,1-3H3/t13-,14?,16-,17+,18-,20+/m1/s1. The van der Waals surface area contributed by atoms with Crippen molar-refractivity contribution in [3.8, 4) is 5.75 Å². The van der Waals surface area contributed by atoms with Crippen LogP contribution in [0.5, 0.6) is 5.75 Å². The molecule has 0 spiro atoms. The molecular weight excluding hydrogens is 412 g/mol. The van der Waals surface area contributed by atoms with Crippen LogP contribution >= 0.6 is 0 Å². The van der Waals surface area contributed by atoms with E-state index in [-0.39, 0.29) is 12.0 Å². The Kier molecular flexibility index (Phi) is 7.01. The molecule has 1 fully saturated rings. The lowest BCUT2D eigenvalue weighted by Crippen LogP contribution is -2.61. The van der Waals surface area contributed by atoms with E-state index >= 15 is 0 Å². The van der Waals surface area contributed by atoms with E-state index in [4.69, 9.17) is 18.6 Å². The van der Waals surface area contributed by atoms with E-state index in [1.54, 1.807) is 32.0 Å². The van der Waals surface area contributed by atoms with Gasteiger partial charge in [0.1, 0.15) is 35.7 Å². The van der Waals surface area contributed by atoms with Crippen molar-refractivity contribution in [2.24, 2.45) is 0 Å². The Labute approximate surface area is 178 Å². The normalized spacial score (nSPS) is 27.9. The molecule has 5 N–H and O–H groups in total. The van der Waals surface area contributed by atoms with Crippen molar-refractivity contribution in [2.75, 3.05) is 13.7 Å². The summed E-state index contributed by atoms with van der Waals surface area (Å²) >= 11 is 0. The van der Waals surface area contributed by atoms with Gasteiger partial charge in [-0.2, -0.15) is 0 Å². The fourth-order valence-corrected chi connectivity index (χ4v) is 3.54. The van der Waals surface area contributed by atoms with Crippen LogP contribution in [0.2, 0.25) is 0 Å². The summed E-state index contributed by atoms with van der Waals surface area (Å²) in [5.41, 5.74) is -1.14. The summed E-state index contributed by atoms with van der Waals surface area (Å²) in [6.07, 6.45) is -8.49. The Morgan fingerprint density at radius 2 is 1.77 bits per heavy atom. The third kappa shape index (κ3) is 4.75. The van der Waals surface area contributed by atoms with Gasteiger partial charge in [-0.3, -0.25) is 0 Å². The van der Waals surface area contributed by atoms with E-state index in [2.05, 4.69) is 0 Å². The second-order valence-electron chi connectivity index (χ2n) is 8.06. The van der Waals surface area contributed by atoms with Gasteiger partial charge in [0.05, 0.1) is 25.4 Å². The van der Waals surface area contributed by atoms with Crippen molar-refractivity contribution in [2.45, 2.75) is 62.7 Å². The monoisotopic (exact) mass is 440 g/mol. The number of methoxy groups -OCH3 is 1. The van der Waals surface area contributed by atoms with Crippen LogP contribution in [0.1, 0.15) is 19.4 Å². The second-order valence-corrected chi connectivity index (χ2v) is 8.06. The highest BCUT2D eigenvalue weighted by Crippen LogP contribution is 2.32. The van der Waals surface area contributed by atoms with E-state index in [0.717, 1.165) is 0 Å². The van der Waals surface area contributed by atoms with E-state index in [1.807, 2.05) is 0 Å². The SMILES string of the molecule is COc1ccc2ccc(=O)oc2c1CC(O)C(C)(C)O[C@@H]1O[C@H](CO)[C@@H](O)[C@H](O)[C@H]1O. The first-order valence-electron chi connectivity index (χ1n) is 9.85. The van der Waals surface area contributed by atoms with E-state index < -0.39 is 54.6 Å². The van der Waals surface area contributed by atoms with Gasteiger partial charge in [-0.1, -0.05) is 0 Å². The molecule has 0 saturated carbocycles. The average molecular weight is 440 g/mol. The Balaban J connectivity index is 1.85. The molecule has 31 heavy (non-hydrogen) atoms. The van der Waals surface area contributed by atoms with Crippen molar-refractivity contribution in [3.63, 3.8) is 0 Å². The summed E-state index contributed by atoms with van der Waals surface area (Å²) in [5, 5.41) is 51.0. The third-order valence-corrected chi connectivity index (χ3v) is 5.54. The molecule has 0 radical (unpaired) electrons. The summed E-state index contributed by atoms with van der Waals surface area (Å²) in [4.78, 5) is 11.7. The van der Waals surface area contributed by atoms with Crippen LogP contribution in [0.4, 0.5) is 0 Å². The van der Waals surface area contributed by atoms with Crippen molar-refractivity contribution in [3.05, 3.63) is 40.2 Å². The number of benzene rings is 1. The summed E-state index contributed by atoms with van der Waals surface area (Å²) in [6.45, 7) is 2.50. The summed E-state index contributed by atoms with van der Waals surface area (Å²) < 4.78 is 21.8. The molecule has 0 amide bonds. The quantitative estimate of drug-likeness (QED) is 0.349. The van der Waals surface area contributed by atoms with Gasteiger partial charge in [-0.25, -0.2) is 4.79 Å². The molecule has 1 saturated heterocycles. The molecular formula is C21H28O10. The van der Waals surface area contributed by atoms with Crippen LogP contribution in [0, 0.1) is 0 Å². The number of aliphatic hydroxyl groups is 5. The first-order chi connectivity index (χ1) is 14.6. The first-order valence-corrected chi connectivity index (χ1v) is 9.85. The van der Waals surface area contributed by atoms with E-state index in [1.165, 1.54) is 13.2 Å². The first kappa shape index (κ1) is 23.6. The van der Waals surface area contributed by atoms with Gasteiger partial charge in [-0.05, 0) is 32.0 Å². The molecule has 10 nitrogen and oxygen atoms in total. The summed E-state index contributed by atoms with van der Waals surface area (Å²) in [5.74, 6) is 0.407. The van der Waals surface area contributed by atoms with Crippen LogP contribution in [-0.2, 0) is 15.9 Å². The van der Waals surface area contributed by atoms with Gasteiger partial charge < -0.3 is 44.2 Å². The summed E-state index contributed by atoms with van der Waals surface area (Å²) in [7, 11) is 1.45. The Bertz CT molecular complexity index is 953. The molecule has 1 aromatic heterocycles. The third-order valence-electron chi connectivity index (χ3n) is 5.54. The smallest absolute Gasteiger partial charge is 0.336 e. The van der Waals surface area contributed by atoms with Gasteiger partial charge in [0.2, 0.25) is 0 Å². The molecule has 0 aliphatic carbocycles. The van der Waals surface area contributed by atoms with Crippen molar-refractivity contribution < 1.29 is 44.2 Å². The molecule has 0 bridgehead atoms. The van der Waals surface area contributed by atoms with Gasteiger partial charge in [0.25, 0.3) is 0 Å². The average Bonchev–Trinajstić information content (AvgIpc) is 2.74. The lowest BCUT2D eigenvalue weighted by atomic mass is 9.92. The largest absolute Gasteiger partial charge is 0.496 e. The number of ether oxygens (including phenoxy) is 3. The highest BCUT2D eigenvalue weighted by molar-refractivity contribution is 5.82. The fourth-order valence-electron chi connectivity index (χ4n) is 3.54. The maximum absolute atomic E-state index is 11.7. The van der Waals surface area contributed by atoms with Gasteiger partial charge in [0, 0.05) is 23.4 Å². The highest BCUT2D eigenvalue weighted by atomic mass is 16.7. The van der Waals surface area contributed by atoms with Crippen LogP contribution in [0.3, 0.4) is 0 Å². The number of rotatable bonds is 7. The predicted molar refractivity (Wildman–Crippen MR) is 108 cm³/mol. The molecule has 6 atom stereocenters. The van der Waals surface area contributed by atoms with Gasteiger partial charge in [-0.15, -0.1) is 0 Å². The van der Waals surface area contributed by atoms with Crippen LogP contribution in [0.25, 0.3) is 11.0 Å². The Hall–Kier alpha value is -2.05. The molecule has 10 heteroatoms. The van der Waals surface area contributed by atoms with Crippen molar-refractivity contribution >= 4 is 11.0 Å². The second kappa shape index (κ2) is 9.21. The fraction of sp³-hybridized carbons (Fsp3) is 0.571. The zero-order valence-corrected chi connectivity index (χ0v) is 17.5. The van der Waals surface area contributed by atoms with Crippen LogP contribution in [0.15, 0.2) is 33.5 Å². The van der Waals surface area contributed by atoms with Crippen molar-refractivity contribution in [1.82, 2.24) is 0 Å². The maximum Gasteiger partial charge on any atom is 0.336 e. The zero-order valence-electron chi connectivity index (χ0n) is 17.5. The minimum Gasteiger partial charge on any atom is -0.496 e. The molecule has 2 aromatic rings. The molecule has 1 aliphatic rings. The maximum atomic E-state index is 11.7. The predicted octanol–water partition coefficient (Wildman–Crippen LogP) is -0.700. The lowest BCUT2D eigenvalue weighted by Gasteiger charge is -2.43. The topological polar surface area (TPSA) is 159 Å². The molecule has 3 rings (SSSR count). The molecule has 2 heterocycles. The van der Waals surface area contributed by atoms with Gasteiger partial charge in [0.15, 0.2) is 6.29 Å². The molecule has 172 valence electrons. The van der Waals surface area contributed by atoms with Gasteiger partial charge >= 0.3 is 5.63 Å². The number of hydrogen-bond donors (Lipinski definition) is 5. The number of hydrogen-bond acceptors (Lipinski definition) is 10. The summed E-state index contributed by atoms with van der Waals surface area (Å²) in [6, 6.07) is 6.31. The molecule has 1 aromatic carbocycles. The number of aliphatic hydroxyl groups excluding tert-OH is 5. The minimum atomic E-state index is -1.60. The highest BCUT2D eigenvalue weighted by Gasteiger charge is 2.47. The Morgan fingerprint density at radius 3 is 2.42 bits per heavy atom. The Morgan fingerprint density at radius 1 is 1.10 bits per heavy atom. The zero-order chi connectivity index (χ0) is 22.9. The van der Waals surface area contributed by atoms with Crippen LogP contribution < -0.4 is 10.4 Å². The van der Waals surface area contributed by atoms with E-state index in [0.29, 0.717) is 16.7 Å². The molecule has 1 aliphatic heterocycles. The lowest BCUT2D eigenvalue weighted by molar-refractivity contribution is -0.331. The van der Waals surface area contributed by atoms with Crippen LogP contribution in [-0.4, -0.2) is 81.7 Å². The number of fused-ring (bicyclic) bond motifs is 1. The minimum absolute atomic E-state index is 0.0299.